The molecule has 0 saturated heterocycles. The lowest BCUT2D eigenvalue weighted by Gasteiger charge is -2.29. The minimum Gasteiger partial charge on any atom is -0.464 e. The van der Waals surface area contributed by atoms with Crippen LogP contribution in [0.15, 0.2) is 44.7 Å². The molecule has 2 rings (SSSR count). The van der Waals surface area contributed by atoms with E-state index in [9.17, 15) is 4.79 Å². The highest BCUT2D eigenvalue weighted by molar-refractivity contribution is 6.58. The first-order chi connectivity index (χ1) is 12.2. The maximum absolute atomic E-state index is 12.2. The third-order valence-corrected chi connectivity index (χ3v) is 4.54. The van der Waals surface area contributed by atoms with Crippen LogP contribution >= 0.6 is 11.6 Å². The Labute approximate surface area is 159 Å². The summed E-state index contributed by atoms with van der Waals surface area (Å²) in [5, 5.41) is 0.0515. The van der Waals surface area contributed by atoms with Crippen LogP contribution in [0.3, 0.4) is 0 Å². The minimum absolute atomic E-state index is 0.0233. The van der Waals surface area contributed by atoms with Gasteiger partial charge in [-0.25, -0.2) is 9.79 Å². The van der Waals surface area contributed by atoms with Gasteiger partial charge in [-0.05, 0) is 45.7 Å². The monoisotopic (exact) mass is 379 g/mol. The average Bonchev–Trinajstić information content (AvgIpc) is 3.37. The second kappa shape index (κ2) is 8.45. The molecular weight excluding hydrogens is 354 g/mol. The summed E-state index contributed by atoms with van der Waals surface area (Å²) >= 11 is 6.46. The van der Waals surface area contributed by atoms with E-state index in [4.69, 9.17) is 26.5 Å². The number of hydrogen-bond donors (Lipinski definition) is 1. The second-order valence-corrected chi connectivity index (χ2v) is 7.03. The van der Waals surface area contributed by atoms with Crippen molar-refractivity contribution in [1.29, 1.82) is 0 Å². The van der Waals surface area contributed by atoms with Crippen LogP contribution in [-0.2, 0) is 16.1 Å². The second-order valence-electron chi connectivity index (χ2n) is 6.65. The summed E-state index contributed by atoms with van der Waals surface area (Å²) in [6, 6.07) is 3.80. The molecule has 7 heteroatoms. The molecule has 2 N–H and O–H groups in total. The summed E-state index contributed by atoms with van der Waals surface area (Å²) in [4.78, 5) is 18.3. The Kier molecular flexibility index (Phi) is 6.53. The summed E-state index contributed by atoms with van der Waals surface area (Å²) in [5.41, 5.74) is 6.89. The summed E-state index contributed by atoms with van der Waals surface area (Å²) in [6.45, 7) is 10.2. The lowest BCUT2D eigenvalue weighted by Crippen LogP contribution is -2.35. The van der Waals surface area contributed by atoms with Crippen molar-refractivity contribution in [2.45, 2.75) is 46.2 Å². The molecule has 0 amide bonds. The van der Waals surface area contributed by atoms with Gasteiger partial charge in [0.2, 0.25) is 0 Å². The third-order valence-electron chi connectivity index (χ3n) is 4.17. The van der Waals surface area contributed by atoms with Crippen molar-refractivity contribution in [2.75, 3.05) is 7.11 Å². The normalized spacial score (nSPS) is 15.7. The minimum atomic E-state index is -0.641. The summed E-state index contributed by atoms with van der Waals surface area (Å²) in [7, 11) is 1.28. The van der Waals surface area contributed by atoms with E-state index in [0.29, 0.717) is 18.2 Å². The van der Waals surface area contributed by atoms with Gasteiger partial charge in [0.1, 0.15) is 22.4 Å². The quantitative estimate of drug-likeness (QED) is 0.550. The molecule has 0 aromatic carbocycles. The van der Waals surface area contributed by atoms with Gasteiger partial charge in [0, 0.05) is 17.7 Å². The summed E-state index contributed by atoms with van der Waals surface area (Å²) < 4.78 is 10.5. The Morgan fingerprint density at radius 1 is 1.50 bits per heavy atom. The zero-order valence-corrected chi connectivity index (χ0v) is 16.5. The number of carbonyl (C=O) groups excluding carboxylic acids is 1. The number of carbonyl (C=O) groups is 1. The molecule has 1 heterocycles. The number of halogens is 1. The highest BCUT2D eigenvalue weighted by atomic mass is 35.5. The van der Waals surface area contributed by atoms with Crippen molar-refractivity contribution in [3.8, 4) is 0 Å². The fourth-order valence-electron chi connectivity index (χ4n) is 2.46. The van der Waals surface area contributed by atoms with Crippen LogP contribution in [0.2, 0.25) is 0 Å². The zero-order valence-electron chi connectivity index (χ0n) is 15.7. The number of nitrogens with two attached hydrogens (primary N) is 1. The molecule has 1 aliphatic rings. The van der Waals surface area contributed by atoms with Gasteiger partial charge in [-0.15, -0.1) is 0 Å². The molecule has 0 unspecified atom stereocenters. The predicted octanol–water partition coefficient (Wildman–Crippen LogP) is 3.70. The Morgan fingerprint density at radius 2 is 2.15 bits per heavy atom. The largest absolute Gasteiger partial charge is 0.464 e. The topological polar surface area (TPSA) is 81.1 Å². The number of aryl methyl sites for hydroxylation is 1. The fourth-order valence-corrected chi connectivity index (χ4v) is 2.69. The maximum atomic E-state index is 12.2. The number of nitrogens with zero attached hydrogens (tertiary/aromatic N) is 2. The van der Waals surface area contributed by atoms with E-state index in [1.165, 1.54) is 7.11 Å². The van der Waals surface area contributed by atoms with Crippen molar-refractivity contribution in [2.24, 2.45) is 16.6 Å². The highest BCUT2D eigenvalue weighted by Gasteiger charge is 2.28. The number of esters is 1. The van der Waals surface area contributed by atoms with Crippen LogP contribution < -0.4 is 5.73 Å². The highest BCUT2D eigenvalue weighted by Crippen LogP contribution is 2.36. The molecule has 1 saturated carbocycles. The van der Waals surface area contributed by atoms with E-state index in [1.54, 1.807) is 0 Å². The molecule has 1 aliphatic carbocycles. The molecule has 0 atom stereocenters. The van der Waals surface area contributed by atoms with Crippen LogP contribution in [0.5, 0.6) is 0 Å². The van der Waals surface area contributed by atoms with E-state index in [0.717, 1.165) is 24.4 Å². The van der Waals surface area contributed by atoms with Crippen molar-refractivity contribution >= 4 is 23.3 Å². The predicted molar refractivity (Wildman–Crippen MR) is 103 cm³/mol. The first-order valence-corrected chi connectivity index (χ1v) is 8.95. The van der Waals surface area contributed by atoms with Crippen LogP contribution in [0.4, 0.5) is 0 Å². The number of ether oxygens (including phenoxy) is 1. The lowest BCUT2D eigenvalue weighted by atomic mass is 10.2. The van der Waals surface area contributed by atoms with Crippen LogP contribution in [0, 0.1) is 12.8 Å². The number of hydrogen-bond acceptors (Lipinski definition) is 6. The van der Waals surface area contributed by atoms with Gasteiger partial charge >= 0.3 is 5.97 Å². The van der Waals surface area contributed by atoms with Crippen LogP contribution in [0.25, 0.3) is 0 Å². The van der Waals surface area contributed by atoms with Crippen molar-refractivity contribution < 1.29 is 13.9 Å². The van der Waals surface area contributed by atoms with Crippen LogP contribution in [-0.4, -0.2) is 29.7 Å². The molecule has 142 valence electrons. The van der Waals surface area contributed by atoms with Gasteiger partial charge < -0.3 is 19.8 Å². The first-order valence-electron chi connectivity index (χ1n) is 8.58. The zero-order chi connectivity index (χ0) is 19.4. The van der Waals surface area contributed by atoms with E-state index < -0.39 is 5.97 Å². The van der Waals surface area contributed by atoms with Crippen molar-refractivity contribution in [1.82, 2.24) is 4.90 Å². The maximum Gasteiger partial charge on any atom is 0.358 e. The number of methoxy groups -OCH3 is 1. The molecule has 1 fully saturated rings. The first kappa shape index (κ1) is 20.1. The van der Waals surface area contributed by atoms with E-state index in [1.807, 2.05) is 37.8 Å². The average molecular weight is 380 g/mol. The molecule has 0 bridgehead atoms. The number of allylic oxidation sites excluding steroid dienone is 1. The Hall–Kier alpha value is -2.21. The van der Waals surface area contributed by atoms with Crippen LogP contribution in [0.1, 0.15) is 38.2 Å². The Bertz CT molecular complexity index is 745. The molecule has 6 nitrogen and oxygen atoms in total. The molecule has 0 radical (unpaired) electrons. The number of rotatable bonds is 8. The smallest absolute Gasteiger partial charge is 0.358 e. The van der Waals surface area contributed by atoms with E-state index >= 15 is 0 Å². The molecule has 0 spiro atoms. The molecule has 1 aromatic heterocycles. The Balaban J connectivity index is 2.35. The fraction of sp³-hybridized carbons (Fsp3) is 0.474. The van der Waals surface area contributed by atoms with Gasteiger partial charge in [-0.2, -0.15) is 0 Å². The molecule has 1 aromatic rings. The Morgan fingerprint density at radius 3 is 2.62 bits per heavy atom. The van der Waals surface area contributed by atoms with E-state index in [-0.39, 0.29) is 22.6 Å². The van der Waals surface area contributed by atoms with Crippen molar-refractivity contribution in [3.05, 3.63) is 46.8 Å². The number of aliphatic imine (C=N–C) groups is 1. The number of furan rings is 1. The summed E-state index contributed by atoms with van der Waals surface area (Å²) in [6.07, 6.45) is 2.03. The molecule has 0 aliphatic heterocycles. The SMILES string of the molecule is C=C(/N=C(C(=O)OC)\C(Cl)=C(/N)N(Cc1ccc(C)o1)C(C)C)C1CC1. The molecular formula is C19H26ClN3O3. The lowest BCUT2D eigenvalue weighted by molar-refractivity contribution is -0.132. The van der Waals surface area contributed by atoms with Crippen molar-refractivity contribution in [3.63, 3.8) is 0 Å². The molecule has 26 heavy (non-hydrogen) atoms. The standard InChI is InChI=1S/C19H26ClN3O3/c1-11(2)23(10-15-9-6-12(3)26-15)18(21)16(20)17(19(24)25-5)22-13(4)14-7-8-14/h6,9,11,14H,4,7-8,10,21H2,1-3,5H3/b18-16-,22-17+. The van der Waals surface area contributed by atoms with Gasteiger partial charge in [0.05, 0.1) is 13.7 Å². The van der Waals surface area contributed by atoms with Gasteiger partial charge in [0.25, 0.3) is 0 Å². The van der Waals surface area contributed by atoms with E-state index in [2.05, 4.69) is 11.6 Å². The summed E-state index contributed by atoms with van der Waals surface area (Å²) in [5.74, 6) is 1.46. The van der Waals surface area contributed by atoms with Gasteiger partial charge in [0.15, 0.2) is 5.71 Å². The van der Waals surface area contributed by atoms with Gasteiger partial charge in [-0.1, -0.05) is 18.2 Å². The van der Waals surface area contributed by atoms with Gasteiger partial charge in [-0.3, -0.25) is 0 Å². The third kappa shape index (κ3) is 4.91.